The lowest BCUT2D eigenvalue weighted by atomic mass is 9.87. The van der Waals surface area contributed by atoms with E-state index in [1.54, 1.807) is 16.9 Å². The van der Waals surface area contributed by atoms with Crippen LogP contribution in [-0.2, 0) is 12.1 Å². The molecule has 124 valence electrons. The van der Waals surface area contributed by atoms with Gasteiger partial charge in [-0.2, -0.15) is 17.7 Å². The molecule has 0 saturated carbocycles. The molecule has 0 aliphatic carbocycles. The Kier molecular flexibility index (Phi) is 5.71. The van der Waals surface area contributed by atoms with Crippen LogP contribution in [0.15, 0.2) is 36.5 Å². The van der Waals surface area contributed by atoms with Crippen molar-refractivity contribution in [2.75, 3.05) is 12.3 Å². The van der Waals surface area contributed by atoms with E-state index in [4.69, 9.17) is 4.74 Å². The van der Waals surface area contributed by atoms with Crippen molar-refractivity contribution in [2.45, 2.75) is 32.9 Å². The van der Waals surface area contributed by atoms with Crippen LogP contribution in [0.3, 0.4) is 0 Å². The number of ether oxygens (including phenoxy) is 1. The highest BCUT2D eigenvalue weighted by atomic mass is 32.1. The van der Waals surface area contributed by atoms with E-state index >= 15 is 0 Å². The monoisotopic (exact) mass is 333 g/mol. The van der Waals surface area contributed by atoms with Crippen LogP contribution >= 0.6 is 12.6 Å². The smallest absolute Gasteiger partial charge is 0.271 e. The third-order valence-electron chi connectivity index (χ3n) is 3.35. The highest BCUT2D eigenvalue weighted by molar-refractivity contribution is 7.80. The van der Waals surface area contributed by atoms with Crippen molar-refractivity contribution >= 4 is 18.5 Å². The minimum atomic E-state index is -0.202. The SMILES string of the molecule is CC(C)(C)c1ccc(OCn2ccc(C(=O)NCCS)n2)cc1. The maximum absolute atomic E-state index is 11.8. The van der Waals surface area contributed by atoms with Gasteiger partial charge in [-0.1, -0.05) is 32.9 Å². The van der Waals surface area contributed by atoms with Crippen molar-refractivity contribution in [3.05, 3.63) is 47.8 Å². The Morgan fingerprint density at radius 3 is 2.57 bits per heavy atom. The Morgan fingerprint density at radius 1 is 1.26 bits per heavy atom. The molecule has 1 N–H and O–H groups in total. The van der Waals surface area contributed by atoms with Gasteiger partial charge in [0.1, 0.15) is 11.4 Å². The number of aromatic nitrogens is 2. The fourth-order valence-electron chi connectivity index (χ4n) is 2.01. The normalized spacial score (nSPS) is 11.3. The Labute approximate surface area is 142 Å². The zero-order valence-corrected chi connectivity index (χ0v) is 14.6. The fourth-order valence-corrected chi connectivity index (χ4v) is 2.12. The summed E-state index contributed by atoms with van der Waals surface area (Å²) in [5, 5.41) is 6.91. The largest absolute Gasteiger partial charge is 0.471 e. The highest BCUT2D eigenvalue weighted by Gasteiger charge is 2.13. The lowest BCUT2D eigenvalue weighted by Gasteiger charge is -2.19. The molecule has 2 aromatic rings. The molecule has 5 nitrogen and oxygen atoms in total. The predicted molar refractivity (Wildman–Crippen MR) is 94.2 cm³/mol. The third kappa shape index (κ3) is 5.03. The Morgan fingerprint density at radius 2 is 1.96 bits per heavy atom. The van der Waals surface area contributed by atoms with Crippen LogP contribution in [0.5, 0.6) is 5.75 Å². The number of hydrogen-bond donors (Lipinski definition) is 2. The second-order valence-corrected chi connectivity index (χ2v) is 6.71. The van der Waals surface area contributed by atoms with Gasteiger partial charge in [0.05, 0.1) is 0 Å². The van der Waals surface area contributed by atoms with Crippen molar-refractivity contribution in [3.63, 3.8) is 0 Å². The van der Waals surface area contributed by atoms with Gasteiger partial charge in [-0.25, -0.2) is 4.68 Å². The van der Waals surface area contributed by atoms with E-state index in [0.29, 0.717) is 18.0 Å². The van der Waals surface area contributed by atoms with Crippen molar-refractivity contribution < 1.29 is 9.53 Å². The second-order valence-electron chi connectivity index (χ2n) is 6.27. The summed E-state index contributed by atoms with van der Waals surface area (Å²) < 4.78 is 7.28. The predicted octanol–water partition coefficient (Wildman–Crippen LogP) is 2.88. The molecule has 0 atom stereocenters. The number of thiol groups is 1. The van der Waals surface area contributed by atoms with E-state index in [9.17, 15) is 4.79 Å². The first kappa shape index (κ1) is 17.4. The number of nitrogens with zero attached hydrogens (tertiary/aromatic N) is 2. The van der Waals surface area contributed by atoms with Crippen molar-refractivity contribution in [1.82, 2.24) is 15.1 Å². The average Bonchev–Trinajstić information content (AvgIpc) is 2.99. The summed E-state index contributed by atoms with van der Waals surface area (Å²) in [4.78, 5) is 11.8. The Balaban J connectivity index is 1.91. The van der Waals surface area contributed by atoms with Crippen LogP contribution in [-0.4, -0.2) is 28.0 Å². The van der Waals surface area contributed by atoms with E-state index in [0.717, 1.165) is 5.75 Å². The van der Waals surface area contributed by atoms with Gasteiger partial charge in [-0.3, -0.25) is 4.79 Å². The van der Waals surface area contributed by atoms with Gasteiger partial charge < -0.3 is 10.1 Å². The summed E-state index contributed by atoms with van der Waals surface area (Å²) in [5.41, 5.74) is 1.75. The fraction of sp³-hybridized carbons (Fsp3) is 0.412. The molecule has 1 aromatic carbocycles. The lowest BCUT2D eigenvalue weighted by molar-refractivity contribution is 0.0949. The summed E-state index contributed by atoms with van der Waals surface area (Å²) in [6, 6.07) is 9.69. The maximum Gasteiger partial charge on any atom is 0.271 e. The molecule has 0 radical (unpaired) electrons. The number of amides is 1. The van der Waals surface area contributed by atoms with Gasteiger partial charge in [0, 0.05) is 18.5 Å². The van der Waals surface area contributed by atoms with E-state index in [-0.39, 0.29) is 18.1 Å². The maximum atomic E-state index is 11.8. The quantitative estimate of drug-likeness (QED) is 0.799. The van der Waals surface area contributed by atoms with Gasteiger partial charge in [-0.05, 0) is 29.2 Å². The van der Waals surface area contributed by atoms with Crippen LogP contribution in [0.2, 0.25) is 0 Å². The summed E-state index contributed by atoms with van der Waals surface area (Å²) in [5.74, 6) is 1.17. The third-order valence-corrected chi connectivity index (χ3v) is 3.58. The number of benzene rings is 1. The molecule has 0 fully saturated rings. The molecule has 1 heterocycles. The Bertz CT molecular complexity index is 645. The van der Waals surface area contributed by atoms with Gasteiger partial charge in [0.15, 0.2) is 6.73 Å². The van der Waals surface area contributed by atoms with Crippen LogP contribution in [0.1, 0.15) is 36.8 Å². The van der Waals surface area contributed by atoms with Crippen molar-refractivity contribution in [3.8, 4) is 5.75 Å². The van der Waals surface area contributed by atoms with E-state index in [1.807, 2.05) is 12.1 Å². The Hall–Kier alpha value is -1.95. The first-order valence-corrected chi connectivity index (χ1v) is 8.19. The van der Waals surface area contributed by atoms with Crippen LogP contribution < -0.4 is 10.1 Å². The molecule has 0 spiro atoms. The molecule has 0 saturated heterocycles. The standard InChI is InChI=1S/C17H23N3O2S/c1-17(2,3)13-4-6-14(7-5-13)22-12-20-10-8-15(19-20)16(21)18-9-11-23/h4-8,10,23H,9,11-12H2,1-3H3,(H,18,21). The zero-order valence-electron chi connectivity index (χ0n) is 13.7. The van der Waals surface area contributed by atoms with E-state index < -0.39 is 0 Å². The minimum Gasteiger partial charge on any atom is -0.471 e. The molecule has 0 aliphatic heterocycles. The molecule has 2 rings (SSSR count). The molecular formula is C17H23N3O2S. The second kappa shape index (κ2) is 7.55. The van der Waals surface area contributed by atoms with Crippen LogP contribution in [0, 0.1) is 0 Å². The zero-order chi connectivity index (χ0) is 16.9. The first-order valence-electron chi connectivity index (χ1n) is 7.56. The number of rotatable bonds is 6. The molecule has 6 heteroatoms. The number of nitrogens with one attached hydrogen (secondary N) is 1. The number of carbonyl (C=O) groups is 1. The van der Waals surface area contributed by atoms with Crippen LogP contribution in [0.4, 0.5) is 0 Å². The first-order chi connectivity index (χ1) is 10.9. The minimum absolute atomic E-state index is 0.121. The molecular weight excluding hydrogens is 310 g/mol. The molecule has 1 amide bonds. The van der Waals surface area contributed by atoms with E-state index in [2.05, 4.69) is 55.9 Å². The van der Waals surface area contributed by atoms with Crippen LogP contribution in [0.25, 0.3) is 0 Å². The van der Waals surface area contributed by atoms with Crippen molar-refractivity contribution in [1.29, 1.82) is 0 Å². The highest BCUT2D eigenvalue weighted by Crippen LogP contribution is 2.24. The van der Waals surface area contributed by atoms with Gasteiger partial charge >= 0.3 is 0 Å². The average molecular weight is 333 g/mol. The molecule has 1 aromatic heterocycles. The molecule has 0 bridgehead atoms. The summed E-state index contributed by atoms with van der Waals surface area (Å²) in [7, 11) is 0. The molecule has 0 unspecified atom stereocenters. The topological polar surface area (TPSA) is 56.1 Å². The molecule has 23 heavy (non-hydrogen) atoms. The lowest BCUT2D eigenvalue weighted by Crippen LogP contribution is -2.25. The summed E-state index contributed by atoms with van der Waals surface area (Å²) in [6.07, 6.45) is 1.72. The van der Waals surface area contributed by atoms with Crippen molar-refractivity contribution in [2.24, 2.45) is 0 Å². The van der Waals surface area contributed by atoms with E-state index in [1.165, 1.54) is 5.56 Å². The number of hydrogen-bond acceptors (Lipinski definition) is 4. The summed E-state index contributed by atoms with van der Waals surface area (Å²) in [6.45, 7) is 7.30. The number of carbonyl (C=O) groups excluding carboxylic acids is 1. The van der Waals surface area contributed by atoms with Gasteiger partial charge in [0.2, 0.25) is 0 Å². The van der Waals surface area contributed by atoms with Gasteiger partial charge in [0.25, 0.3) is 5.91 Å². The van der Waals surface area contributed by atoms with Gasteiger partial charge in [-0.15, -0.1) is 0 Å². The summed E-state index contributed by atoms with van der Waals surface area (Å²) >= 11 is 4.05. The molecule has 0 aliphatic rings.